The van der Waals surface area contributed by atoms with Crippen LogP contribution in [0.1, 0.15) is 31.7 Å². The molecule has 2 fully saturated rings. The van der Waals surface area contributed by atoms with Crippen molar-refractivity contribution in [3.05, 3.63) is 29.8 Å². The minimum atomic E-state index is 0.679. The van der Waals surface area contributed by atoms with Crippen molar-refractivity contribution in [2.45, 2.75) is 38.8 Å². The zero-order valence-corrected chi connectivity index (χ0v) is 14.9. The van der Waals surface area contributed by atoms with E-state index in [9.17, 15) is 0 Å². The lowest BCUT2D eigenvalue weighted by Crippen LogP contribution is -2.40. The average molecular weight is 330 g/mol. The molecule has 2 aliphatic rings. The maximum absolute atomic E-state index is 5.19. The molecule has 24 heavy (non-hydrogen) atoms. The SMILES string of the molecule is CCNC(=NCc1ccc(OC)cc1)NCC1CCN(C2CC2)C1. The fraction of sp³-hybridized carbons (Fsp3) is 0.632. The lowest BCUT2D eigenvalue weighted by atomic mass is 10.1. The number of guanidine groups is 1. The summed E-state index contributed by atoms with van der Waals surface area (Å²) in [5.41, 5.74) is 1.19. The number of likely N-dealkylation sites (tertiary alicyclic amines) is 1. The van der Waals surface area contributed by atoms with Crippen LogP contribution in [-0.2, 0) is 6.54 Å². The molecule has 1 saturated carbocycles. The van der Waals surface area contributed by atoms with Crippen LogP contribution in [0.3, 0.4) is 0 Å². The molecule has 132 valence electrons. The fourth-order valence-corrected chi connectivity index (χ4v) is 3.28. The molecule has 0 amide bonds. The van der Waals surface area contributed by atoms with Crippen molar-refractivity contribution in [1.29, 1.82) is 0 Å². The zero-order valence-electron chi connectivity index (χ0n) is 14.9. The highest BCUT2D eigenvalue weighted by atomic mass is 16.5. The molecule has 1 atom stereocenters. The van der Waals surface area contributed by atoms with E-state index in [4.69, 9.17) is 9.73 Å². The van der Waals surface area contributed by atoms with Crippen molar-refractivity contribution >= 4 is 5.96 Å². The van der Waals surface area contributed by atoms with E-state index in [-0.39, 0.29) is 0 Å². The minimum absolute atomic E-state index is 0.679. The highest BCUT2D eigenvalue weighted by molar-refractivity contribution is 5.79. The summed E-state index contributed by atoms with van der Waals surface area (Å²) in [5, 5.41) is 6.87. The van der Waals surface area contributed by atoms with Gasteiger partial charge in [0.2, 0.25) is 0 Å². The Morgan fingerprint density at radius 1 is 1.21 bits per heavy atom. The van der Waals surface area contributed by atoms with Gasteiger partial charge in [0.05, 0.1) is 13.7 Å². The number of ether oxygens (including phenoxy) is 1. The van der Waals surface area contributed by atoms with Crippen LogP contribution in [0.4, 0.5) is 0 Å². The maximum atomic E-state index is 5.19. The van der Waals surface area contributed by atoms with E-state index < -0.39 is 0 Å². The summed E-state index contributed by atoms with van der Waals surface area (Å²) in [4.78, 5) is 7.37. The molecule has 0 bridgehead atoms. The van der Waals surface area contributed by atoms with Crippen LogP contribution < -0.4 is 15.4 Å². The van der Waals surface area contributed by atoms with Gasteiger partial charge in [0.25, 0.3) is 0 Å². The quantitative estimate of drug-likeness (QED) is 0.595. The van der Waals surface area contributed by atoms with Crippen molar-refractivity contribution in [2.75, 3.05) is 33.3 Å². The summed E-state index contributed by atoms with van der Waals surface area (Å²) in [6, 6.07) is 8.99. The van der Waals surface area contributed by atoms with Crippen LogP contribution in [0.25, 0.3) is 0 Å². The molecule has 0 radical (unpaired) electrons. The van der Waals surface area contributed by atoms with Crippen LogP contribution >= 0.6 is 0 Å². The van der Waals surface area contributed by atoms with Crippen molar-refractivity contribution in [3.8, 4) is 5.75 Å². The van der Waals surface area contributed by atoms with E-state index in [2.05, 4.69) is 34.6 Å². The standard InChI is InChI=1S/C19H30N4O/c1-3-20-19(21-12-15-4-8-18(24-2)9-5-15)22-13-16-10-11-23(14-16)17-6-7-17/h4-5,8-9,16-17H,3,6-7,10-14H2,1-2H3,(H2,20,21,22). The number of hydrogen-bond acceptors (Lipinski definition) is 3. The second kappa shape index (κ2) is 8.38. The third-order valence-corrected chi connectivity index (χ3v) is 4.86. The van der Waals surface area contributed by atoms with E-state index in [1.54, 1.807) is 7.11 Å². The number of rotatable bonds is 7. The molecule has 1 aliphatic heterocycles. The Hall–Kier alpha value is -1.75. The van der Waals surface area contributed by atoms with E-state index >= 15 is 0 Å². The Balaban J connectivity index is 1.47. The summed E-state index contributed by atoms with van der Waals surface area (Å²) in [5.74, 6) is 2.54. The maximum Gasteiger partial charge on any atom is 0.191 e. The molecule has 1 heterocycles. The molecule has 1 aliphatic carbocycles. The molecule has 5 nitrogen and oxygen atoms in total. The summed E-state index contributed by atoms with van der Waals surface area (Å²) >= 11 is 0. The smallest absolute Gasteiger partial charge is 0.191 e. The van der Waals surface area contributed by atoms with Gasteiger partial charge in [0.15, 0.2) is 5.96 Å². The molecule has 2 N–H and O–H groups in total. The monoisotopic (exact) mass is 330 g/mol. The first-order valence-electron chi connectivity index (χ1n) is 9.17. The van der Waals surface area contributed by atoms with Crippen molar-refractivity contribution in [2.24, 2.45) is 10.9 Å². The van der Waals surface area contributed by atoms with Gasteiger partial charge in [-0.05, 0) is 56.3 Å². The second-order valence-corrected chi connectivity index (χ2v) is 6.80. The van der Waals surface area contributed by atoms with Gasteiger partial charge in [-0.2, -0.15) is 0 Å². The first-order valence-corrected chi connectivity index (χ1v) is 9.17. The Morgan fingerprint density at radius 2 is 2.00 bits per heavy atom. The molecule has 1 aromatic rings. The molecule has 1 aromatic carbocycles. The Bertz CT molecular complexity index is 539. The number of nitrogens with zero attached hydrogens (tertiary/aromatic N) is 2. The molecule has 1 saturated heterocycles. The third kappa shape index (κ3) is 4.87. The second-order valence-electron chi connectivity index (χ2n) is 6.80. The van der Waals surface area contributed by atoms with Gasteiger partial charge in [-0.3, -0.25) is 0 Å². The van der Waals surface area contributed by atoms with E-state index in [1.807, 2.05) is 12.1 Å². The lowest BCUT2D eigenvalue weighted by molar-refractivity contribution is 0.314. The van der Waals surface area contributed by atoms with E-state index in [1.165, 1.54) is 37.9 Å². The molecule has 0 spiro atoms. The molecule has 5 heteroatoms. The van der Waals surface area contributed by atoms with Crippen LogP contribution in [0.5, 0.6) is 5.75 Å². The number of nitrogens with one attached hydrogen (secondary N) is 2. The molecular formula is C19H30N4O. The van der Waals surface area contributed by atoms with Gasteiger partial charge < -0.3 is 20.3 Å². The molecule has 3 rings (SSSR count). The Labute approximate surface area is 145 Å². The van der Waals surface area contributed by atoms with Crippen LogP contribution in [0, 0.1) is 5.92 Å². The Kier molecular flexibility index (Phi) is 5.96. The van der Waals surface area contributed by atoms with E-state index in [0.717, 1.165) is 36.8 Å². The fourth-order valence-electron chi connectivity index (χ4n) is 3.28. The summed E-state index contributed by atoms with van der Waals surface area (Å²) in [6.45, 7) is 7.20. The number of aliphatic imine (C=N–C) groups is 1. The highest BCUT2D eigenvalue weighted by Gasteiger charge is 2.34. The number of hydrogen-bond donors (Lipinski definition) is 2. The first kappa shape index (κ1) is 17.1. The van der Waals surface area contributed by atoms with Crippen molar-refractivity contribution in [3.63, 3.8) is 0 Å². The van der Waals surface area contributed by atoms with Gasteiger partial charge in [0, 0.05) is 25.7 Å². The van der Waals surface area contributed by atoms with Crippen molar-refractivity contribution < 1.29 is 4.74 Å². The van der Waals surface area contributed by atoms with Gasteiger partial charge in [-0.25, -0.2) is 4.99 Å². The lowest BCUT2D eigenvalue weighted by Gasteiger charge is -2.17. The predicted octanol–water partition coefficient (Wildman–Crippen LogP) is 2.23. The van der Waals surface area contributed by atoms with Gasteiger partial charge in [0.1, 0.15) is 5.75 Å². The summed E-state index contributed by atoms with van der Waals surface area (Å²) in [6.07, 6.45) is 4.12. The van der Waals surface area contributed by atoms with E-state index in [0.29, 0.717) is 6.54 Å². The van der Waals surface area contributed by atoms with Crippen LogP contribution in [0.15, 0.2) is 29.3 Å². The molecule has 0 aromatic heterocycles. The zero-order chi connectivity index (χ0) is 16.8. The predicted molar refractivity (Wildman–Crippen MR) is 98.5 cm³/mol. The average Bonchev–Trinajstić information content (AvgIpc) is 3.36. The third-order valence-electron chi connectivity index (χ3n) is 4.86. The summed E-state index contributed by atoms with van der Waals surface area (Å²) < 4.78 is 5.19. The largest absolute Gasteiger partial charge is 0.497 e. The topological polar surface area (TPSA) is 48.9 Å². The summed E-state index contributed by atoms with van der Waals surface area (Å²) in [7, 11) is 1.69. The Morgan fingerprint density at radius 3 is 2.67 bits per heavy atom. The van der Waals surface area contributed by atoms with Gasteiger partial charge >= 0.3 is 0 Å². The molecule has 1 unspecified atom stereocenters. The van der Waals surface area contributed by atoms with Crippen LogP contribution in [0.2, 0.25) is 0 Å². The normalized spacial score (nSPS) is 21.8. The molecular weight excluding hydrogens is 300 g/mol. The number of methoxy groups -OCH3 is 1. The van der Waals surface area contributed by atoms with Crippen LogP contribution in [-0.4, -0.2) is 50.2 Å². The van der Waals surface area contributed by atoms with Gasteiger partial charge in [-0.1, -0.05) is 12.1 Å². The minimum Gasteiger partial charge on any atom is -0.497 e. The van der Waals surface area contributed by atoms with Gasteiger partial charge in [-0.15, -0.1) is 0 Å². The highest BCUT2D eigenvalue weighted by Crippen LogP contribution is 2.31. The number of benzene rings is 1. The first-order chi connectivity index (χ1) is 11.8. The van der Waals surface area contributed by atoms with Crippen molar-refractivity contribution in [1.82, 2.24) is 15.5 Å².